The van der Waals surface area contributed by atoms with Crippen LogP contribution in [0.25, 0.3) is 11.3 Å². The largest absolute Gasteiger partial charge is 0.493 e. The van der Waals surface area contributed by atoms with Crippen molar-refractivity contribution in [2.45, 2.75) is 19.9 Å². The number of ether oxygens (including phenoxy) is 3. The lowest BCUT2D eigenvalue weighted by atomic mass is 10.1. The van der Waals surface area contributed by atoms with Crippen LogP contribution in [0.3, 0.4) is 0 Å². The van der Waals surface area contributed by atoms with Crippen LogP contribution in [0, 0.1) is 0 Å². The Morgan fingerprint density at radius 2 is 1.48 bits per heavy atom. The van der Waals surface area contributed by atoms with Gasteiger partial charge in [-0.15, -0.1) is 0 Å². The Hall–Kier alpha value is -2.54. The van der Waals surface area contributed by atoms with Crippen LogP contribution in [0.5, 0.6) is 17.2 Å². The van der Waals surface area contributed by atoms with Crippen molar-refractivity contribution in [3.05, 3.63) is 24.5 Å². The third-order valence-corrected chi connectivity index (χ3v) is 4.97. The van der Waals surface area contributed by atoms with Gasteiger partial charge in [0.25, 0.3) is 0 Å². The highest BCUT2D eigenvalue weighted by atomic mass is 16.5. The molecule has 0 aliphatic carbocycles. The molecule has 2 aromatic rings. The zero-order chi connectivity index (χ0) is 19.4. The number of aromatic nitrogens is 2. The average molecular weight is 372 g/mol. The summed E-state index contributed by atoms with van der Waals surface area (Å²) in [5.74, 6) is 2.68. The first kappa shape index (κ1) is 19.2. The minimum atomic E-state index is 0.566. The molecule has 0 bridgehead atoms. The van der Waals surface area contributed by atoms with Gasteiger partial charge in [-0.05, 0) is 26.0 Å². The molecule has 7 heteroatoms. The topological polar surface area (TPSA) is 60.0 Å². The summed E-state index contributed by atoms with van der Waals surface area (Å²) in [6, 6.07) is 4.35. The Bertz CT molecular complexity index is 731. The van der Waals surface area contributed by atoms with Gasteiger partial charge in [-0.1, -0.05) is 0 Å². The number of nitrogens with zero attached hydrogens (tertiary/aromatic N) is 4. The Morgan fingerprint density at radius 1 is 0.852 bits per heavy atom. The summed E-state index contributed by atoms with van der Waals surface area (Å²) in [5, 5.41) is 0. The van der Waals surface area contributed by atoms with E-state index in [4.69, 9.17) is 14.2 Å². The molecule has 0 spiro atoms. The highest BCUT2D eigenvalue weighted by Crippen LogP contribution is 2.40. The van der Waals surface area contributed by atoms with Crippen LogP contribution in [0.15, 0.2) is 24.5 Å². The van der Waals surface area contributed by atoms with Crippen molar-refractivity contribution in [3.8, 4) is 28.5 Å². The SMILES string of the molecule is COc1cc(-c2cnc(N3CCN(C(C)C)CC3)cn2)cc(OC)c1OC. The van der Waals surface area contributed by atoms with Gasteiger partial charge in [0.15, 0.2) is 11.5 Å². The molecule has 27 heavy (non-hydrogen) atoms. The fourth-order valence-electron chi connectivity index (χ4n) is 3.33. The summed E-state index contributed by atoms with van der Waals surface area (Å²) < 4.78 is 16.2. The second-order valence-corrected chi connectivity index (χ2v) is 6.79. The average Bonchev–Trinajstić information content (AvgIpc) is 2.72. The van der Waals surface area contributed by atoms with E-state index in [1.807, 2.05) is 18.3 Å². The van der Waals surface area contributed by atoms with Crippen LogP contribution in [0.1, 0.15) is 13.8 Å². The molecule has 0 amide bonds. The van der Waals surface area contributed by atoms with Crippen molar-refractivity contribution in [2.24, 2.45) is 0 Å². The van der Waals surface area contributed by atoms with E-state index in [0.717, 1.165) is 43.3 Å². The molecule has 1 aromatic heterocycles. The Kier molecular flexibility index (Phi) is 6.01. The van der Waals surface area contributed by atoms with Crippen LogP contribution in [0.2, 0.25) is 0 Å². The van der Waals surface area contributed by atoms with Gasteiger partial charge in [-0.2, -0.15) is 0 Å². The molecule has 146 valence electrons. The number of rotatable bonds is 6. The van der Waals surface area contributed by atoms with Crippen molar-refractivity contribution in [1.82, 2.24) is 14.9 Å². The molecule has 1 aromatic carbocycles. The zero-order valence-electron chi connectivity index (χ0n) is 16.7. The summed E-state index contributed by atoms with van der Waals surface area (Å²) in [6.45, 7) is 8.51. The van der Waals surface area contributed by atoms with E-state index >= 15 is 0 Å². The van der Waals surface area contributed by atoms with Gasteiger partial charge in [0.1, 0.15) is 5.82 Å². The normalized spacial score (nSPS) is 15.1. The highest BCUT2D eigenvalue weighted by Gasteiger charge is 2.20. The van der Waals surface area contributed by atoms with Crippen LogP contribution < -0.4 is 19.1 Å². The molecular weight excluding hydrogens is 344 g/mol. The first-order valence-electron chi connectivity index (χ1n) is 9.18. The van der Waals surface area contributed by atoms with Crippen molar-refractivity contribution < 1.29 is 14.2 Å². The molecule has 1 fully saturated rings. The van der Waals surface area contributed by atoms with E-state index in [1.165, 1.54) is 0 Å². The molecular formula is C20H28N4O3. The van der Waals surface area contributed by atoms with Gasteiger partial charge in [0.2, 0.25) is 5.75 Å². The van der Waals surface area contributed by atoms with E-state index < -0.39 is 0 Å². The molecule has 0 radical (unpaired) electrons. The Labute approximate surface area is 160 Å². The van der Waals surface area contributed by atoms with E-state index in [0.29, 0.717) is 23.3 Å². The lowest BCUT2D eigenvalue weighted by Gasteiger charge is -2.37. The van der Waals surface area contributed by atoms with Gasteiger partial charge in [-0.3, -0.25) is 9.88 Å². The van der Waals surface area contributed by atoms with Crippen molar-refractivity contribution in [2.75, 3.05) is 52.4 Å². The molecule has 1 aliphatic rings. The molecule has 7 nitrogen and oxygen atoms in total. The maximum atomic E-state index is 5.42. The summed E-state index contributed by atoms with van der Waals surface area (Å²) >= 11 is 0. The number of methoxy groups -OCH3 is 3. The minimum Gasteiger partial charge on any atom is -0.493 e. The maximum absolute atomic E-state index is 5.42. The van der Waals surface area contributed by atoms with Gasteiger partial charge in [-0.25, -0.2) is 4.98 Å². The summed E-state index contributed by atoms with van der Waals surface area (Å²) in [6.07, 6.45) is 3.63. The number of piperazine rings is 1. The predicted octanol–water partition coefficient (Wildman–Crippen LogP) is 2.70. The molecule has 2 heterocycles. The predicted molar refractivity (Wildman–Crippen MR) is 106 cm³/mol. The van der Waals surface area contributed by atoms with Gasteiger partial charge in [0, 0.05) is 37.8 Å². The number of benzene rings is 1. The van der Waals surface area contributed by atoms with E-state index in [-0.39, 0.29) is 0 Å². The standard InChI is InChI=1S/C20H28N4O3/c1-14(2)23-6-8-24(9-7-23)19-13-21-16(12-22-19)15-10-17(25-3)20(27-5)18(11-15)26-4/h10-14H,6-9H2,1-5H3. The van der Waals surface area contributed by atoms with Crippen molar-refractivity contribution in [1.29, 1.82) is 0 Å². The molecule has 0 atom stereocenters. The van der Waals surface area contributed by atoms with Gasteiger partial charge >= 0.3 is 0 Å². The Morgan fingerprint density at radius 3 is 1.93 bits per heavy atom. The highest BCUT2D eigenvalue weighted by molar-refractivity contribution is 5.68. The molecule has 0 saturated carbocycles. The molecule has 1 aliphatic heterocycles. The van der Waals surface area contributed by atoms with E-state index in [1.54, 1.807) is 27.5 Å². The summed E-state index contributed by atoms with van der Waals surface area (Å²) in [7, 11) is 4.80. The lowest BCUT2D eigenvalue weighted by molar-refractivity contribution is 0.209. The van der Waals surface area contributed by atoms with Crippen LogP contribution in [-0.2, 0) is 0 Å². The van der Waals surface area contributed by atoms with E-state index in [9.17, 15) is 0 Å². The van der Waals surface area contributed by atoms with Crippen molar-refractivity contribution >= 4 is 5.82 Å². The second kappa shape index (κ2) is 8.43. The maximum Gasteiger partial charge on any atom is 0.203 e. The quantitative estimate of drug-likeness (QED) is 0.773. The van der Waals surface area contributed by atoms with Crippen LogP contribution in [0.4, 0.5) is 5.82 Å². The fourth-order valence-corrected chi connectivity index (χ4v) is 3.33. The fraction of sp³-hybridized carbons (Fsp3) is 0.500. The van der Waals surface area contributed by atoms with Gasteiger partial charge < -0.3 is 19.1 Å². The monoisotopic (exact) mass is 372 g/mol. The lowest BCUT2D eigenvalue weighted by Crippen LogP contribution is -2.49. The number of hydrogen-bond donors (Lipinski definition) is 0. The molecule has 0 unspecified atom stereocenters. The molecule has 1 saturated heterocycles. The number of anilines is 1. The first-order chi connectivity index (χ1) is 13.1. The van der Waals surface area contributed by atoms with Crippen LogP contribution in [-0.4, -0.2) is 68.4 Å². The molecule has 0 N–H and O–H groups in total. The first-order valence-corrected chi connectivity index (χ1v) is 9.18. The third kappa shape index (κ3) is 4.08. The van der Waals surface area contributed by atoms with Crippen LogP contribution >= 0.6 is 0 Å². The molecule has 3 rings (SSSR count). The minimum absolute atomic E-state index is 0.566. The zero-order valence-corrected chi connectivity index (χ0v) is 16.7. The van der Waals surface area contributed by atoms with Gasteiger partial charge in [0.05, 0.1) is 39.4 Å². The summed E-state index contributed by atoms with van der Waals surface area (Å²) in [4.78, 5) is 14.0. The van der Waals surface area contributed by atoms with Crippen molar-refractivity contribution in [3.63, 3.8) is 0 Å². The Balaban J connectivity index is 1.80. The third-order valence-electron chi connectivity index (χ3n) is 4.97. The smallest absolute Gasteiger partial charge is 0.203 e. The second-order valence-electron chi connectivity index (χ2n) is 6.79. The number of hydrogen-bond acceptors (Lipinski definition) is 7. The van der Waals surface area contributed by atoms with E-state index in [2.05, 4.69) is 33.6 Å². The summed E-state index contributed by atoms with van der Waals surface area (Å²) in [5.41, 5.74) is 1.63.